The fourth-order valence-corrected chi connectivity index (χ4v) is 4.05. The Labute approximate surface area is 177 Å². The number of anilines is 1. The van der Waals surface area contributed by atoms with E-state index in [1.54, 1.807) is 23.5 Å². The quantitative estimate of drug-likeness (QED) is 0.427. The number of thiophene rings is 1. The predicted molar refractivity (Wildman–Crippen MR) is 119 cm³/mol. The molecule has 1 aromatic heterocycles. The van der Waals surface area contributed by atoms with E-state index in [-0.39, 0.29) is 17.8 Å². The zero-order valence-corrected chi connectivity index (χ0v) is 17.5. The molecule has 1 aliphatic heterocycles. The molecule has 4 rings (SSSR count). The van der Waals surface area contributed by atoms with Crippen LogP contribution in [0, 0.1) is 13.8 Å². The largest absolute Gasteiger partial charge is 0.454 e. The first kappa shape index (κ1) is 19.2. The van der Waals surface area contributed by atoms with E-state index in [0.29, 0.717) is 17.1 Å². The fourth-order valence-electron chi connectivity index (χ4n) is 3.02. The molecule has 6 nitrogen and oxygen atoms in total. The maximum atomic E-state index is 12.7. The summed E-state index contributed by atoms with van der Waals surface area (Å²) in [5, 5.41) is 5.13. The van der Waals surface area contributed by atoms with E-state index in [4.69, 9.17) is 21.7 Å². The van der Waals surface area contributed by atoms with Crippen molar-refractivity contribution in [2.75, 3.05) is 12.1 Å². The molecule has 0 aliphatic carbocycles. The van der Waals surface area contributed by atoms with Gasteiger partial charge in [-0.25, -0.2) is 0 Å². The number of ether oxygens (including phenoxy) is 2. The number of hydrogen-bond donors (Lipinski definition) is 3. The minimum Gasteiger partial charge on any atom is -0.454 e. The second-order valence-corrected chi connectivity index (χ2v) is 8.04. The Kier molecular flexibility index (Phi) is 5.37. The van der Waals surface area contributed by atoms with Crippen LogP contribution in [0.4, 0.5) is 5.69 Å². The lowest BCUT2D eigenvalue weighted by molar-refractivity contribution is 0.0945. The molecule has 1 aliphatic rings. The van der Waals surface area contributed by atoms with Gasteiger partial charge in [-0.05, 0) is 43.8 Å². The minimum atomic E-state index is -0.250. The highest BCUT2D eigenvalue weighted by Crippen LogP contribution is 2.34. The summed E-state index contributed by atoms with van der Waals surface area (Å²) in [6.07, 6.45) is 0. The Morgan fingerprint density at radius 3 is 2.59 bits per heavy atom. The highest BCUT2D eigenvalue weighted by Gasteiger charge is 2.18. The lowest BCUT2D eigenvalue weighted by atomic mass is 10.0. The van der Waals surface area contributed by atoms with Gasteiger partial charge in [0.1, 0.15) is 0 Å². The van der Waals surface area contributed by atoms with Gasteiger partial charge < -0.3 is 14.8 Å². The molecule has 0 atom stereocenters. The van der Waals surface area contributed by atoms with Gasteiger partial charge in [0.05, 0.1) is 5.56 Å². The summed E-state index contributed by atoms with van der Waals surface area (Å²) in [5.74, 6) is 1.09. The molecule has 1 amide bonds. The number of aryl methyl sites for hydroxylation is 2. The molecule has 0 bridgehead atoms. The average molecular weight is 426 g/mol. The van der Waals surface area contributed by atoms with Gasteiger partial charge >= 0.3 is 0 Å². The Bertz CT molecular complexity index is 1080. The van der Waals surface area contributed by atoms with Crippen molar-refractivity contribution in [2.24, 2.45) is 0 Å². The van der Waals surface area contributed by atoms with E-state index in [1.165, 1.54) is 5.56 Å². The molecule has 2 heterocycles. The smallest absolute Gasteiger partial charge is 0.271 e. The lowest BCUT2D eigenvalue weighted by Crippen LogP contribution is -2.43. The summed E-state index contributed by atoms with van der Waals surface area (Å²) in [6.45, 7) is 4.26. The Hall–Kier alpha value is -3.10. The number of hydrogen-bond acceptors (Lipinski definition) is 5. The first-order chi connectivity index (χ1) is 14.0. The van der Waals surface area contributed by atoms with Gasteiger partial charge in [-0.15, -0.1) is 11.3 Å². The van der Waals surface area contributed by atoms with Crippen molar-refractivity contribution in [1.29, 1.82) is 0 Å². The van der Waals surface area contributed by atoms with E-state index >= 15 is 0 Å². The second kappa shape index (κ2) is 8.10. The van der Waals surface area contributed by atoms with E-state index in [1.807, 2.05) is 49.6 Å². The Morgan fingerprint density at radius 1 is 1.03 bits per heavy atom. The van der Waals surface area contributed by atoms with Gasteiger partial charge in [-0.1, -0.05) is 29.8 Å². The van der Waals surface area contributed by atoms with Gasteiger partial charge in [0.2, 0.25) is 6.79 Å². The number of fused-ring (bicyclic) bond motifs is 1. The van der Waals surface area contributed by atoms with Crippen LogP contribution in [0.2, 0.25) is 0 Å². The minimum absolute atomic E-state index is 0.209. The number of rotatable bonds is 3. The summed E-state index contributed by atoms with van der Waals surface area (Å²) < 4.78 is 10.6. The van der Waals surface area contributed by atoms with Crippen LogP contribution in [-0.4, -0.2) is 17.8 Å². The molecule has 3 aromatic rings. The molecular formula is C21H19N3O3S2. The molecule has 0 radical (unpaired) electrons. The van der Waals surface area contributed by atoms with Crippen LogP contribution >= 0.6 is 23.6 Å². The summed E-state index contributed by atoms with van der Waals surface area (Å²) in [4.78, 5) is 13.8. The summed E-state index contributed by atoms with van der Waals surface area (Å²) in [5.41, 5.74) is 9.87. The van der Waals surface area contributed by atoms with Crippen LogP contribution < -0.4 is 25.6 Å². The molecule has 29 heavy (non-hydrogen) atoms. The van der Waals surface area contributed by atoms with Gasteiger partial charge in [0, 0.05) is 27.6 Å². The van der Waals surface area contributed by atoms with E-state index < -0.39 is 0 Å². The maximum Gasteiger partial charge on any atom is 0.271 e. The third kappa shape index (κ3) is 4.18. The zero-order chi connectivity index (χ0) is 20.4. The van der Waals surface area contributed by atoms with E-state index in [9.17, 15) is 4.79 Å². The predicted octanol–water partition coefficient (Wildman–Crippen LogP) is 4.39. The van der Waals surface area contributed by atoms with Crippen molar-refractivity contribution in [3.63, 3.8) is 0 Å². The highest BCUT2D eigenvalue weighted by atomic mass is 32.1. The van der Waals surface area contributed by atoms with Gasteiger partial charge in [0.25, 0.3) is 5.91 Å². The third-order valence-electron chi connectivity index (χ3n) is 4.48. The van der Waals surface area contributed by atoms with Crippen LogP contribution in [0.3, 0.4) is 0 Å². The van der Waals surface area contributed by atoms with Crippen LogP contribution in [0.25, 0.3) is 11.1 Å². The lowest BCUT2D eigenvalue weighted by Gasteiger charge is -2.13. The van der Waals surface area contributed by atoms with Gasteiger partial charge in [-0.2, -0.15) is 0 Å². The number of carbonyl (C=O) groups excluding carboxylic acids is 1. The van der Waals surface area contributed by atoms with Crippen molar-refractivity contribution in [1.82, 2.24) is 10.9 Å². The number of hydrazine groups is 1. The molecule has 8 heteroatoms. The summed E-state index contributed by atoms with van der Waals surface area (Å²) in [6, 6.07) is 13.5. The first-order valence-corrected chi connectivity index (χ1v) is 10.2. The third-order valence-corrected chi connectivity index (χ3v) is 5.60. The van der Waals surface area contributed by atoms with Crippen molar-refractivity contribution in [3.8, 4) is 22.6 Å². The number of nitrogens with one attached hydrogen (secondary N) is 3. The number of amides is 1. The summed E-state index contributed by atoms with van der Waals surface area (Å²) in [7, 11) is 0. The monoisotopic (exact) mass is 425 g/mol. The van der Waals surface area contributed by atoms with Crippen LogP contribution in [-0.2, 0) is 0 Å². The molecule has 0 fully saturated rings. The number of benzene rings is 2. The van der Waals surface area contributed by atoms with Crippen molar-refractivity contribution in [3.05, 3.63) is 63.8 Å². The molecule has 3 N–H and O–H groups in total. The number of carbonyl (C=O) groups is 1. The molecule has 0 saturated carbocycles. The molecule has 148 valence electrons. The molecule has 2 aromatic carbocycles. The fraction of sp³-hybridized carbons (Fsp3) is 0.143. The molecular weight excluding hydrogens is 406 g/mol. The topological polar surface area (TPSA) is 71.6 Å². The highest BCUT2D eigenvalue weighted by molar-refractivity contribution is 7.80. The van der Waals surface area contributed by atoms with Gasteiger partial charge in [0.15, 0.2) is 16.6 Å². The molecule has 0 unspecified atom stereocenters. The number of thiocarbonyl (C=S) groups is 1. The maximum absolute atomic E-state index is 12.7. The normalized spacial score (nSPS) is 11.8. The van der Waals surface area contributed by atoms with Crippen molar-refractivity contribution < 1.29 is 14.3 Å². The van der Waals surface area contributed by atoms with Crippen molar-refractivity contribution in [2.45, 2.75) is 13.8 Å². The Balaban J connectivity index is 1.41. The van der Waals surface area contributed by atoms with Crippen LogP contribution in [0.15, 0.2) is 47.8 Å². The molecule has 0 spiro atoms. The second-order valence-electron chi connectivity index (χ2n) is 6.55. The van der Waals surface area contributed by atoms with E-state index in [2.05, 4.69) is 16.2 Å². The average Bonchev–Trinajstić information content (AvgIpc) is 3.33. The van der Waals surface area contributed by atoms with Crippen LogP contribution in [0.1, 0.15) is 20.8 Å². The summed E-state index contributed by atoms with van der Waals surface area (Å²) >= 11 is 6.82. The van der Waals surface area contributed by atoms with Crippen molar-refractivity contribution >= 4 is 40.3 Å². The van der Waals surface area contributed by atoms with E-state index in [0.717, 1.165) is 21.7 Å². The first-order valence-electron chi connectivity index (χ1n) is 8.93. The Morgan fingerprint density at radius 2 is 1.79 bits per heavy atom. The standard InChI is InChI=1S/C21H19N3O3S2/c1-12-3-5-14(6-4-12)19-13(2)29-10-16(19)20(25)23-24-21(28)22-15-7-8-17-18(9-15)27-11-26-17/h3-10H,11H2,1-2H3,(H,23,25)(H2,22,24,28). The van der Waals surface area contributed by atoms with Gasteiger partial charge in [-0.3, -0.25) is 15.6 Å². The molecule has 0 saturated heterocycles. The SMILES string of the molecule is Cc1ccc(-c2c(C(=O)NNC(=S)Nc3ccc4c(c3)OCO4)csc2C)cc1. The zero-order valence-electron chi connectivity index (χ0n) is 15.9. The van der Waals surface area contributed by atoms with Crippen LogP contribution in [0.5, 0.6) is 11.5 Å².